The first-order chi connectivity index (χ1) is 15.2. The van der Waals surface area contributed by atoms with Crippen molar-refractivity contribution in [2.45, 2.75) is 37.3 Å². The van der Waals surface area contributed by atoms with Crippen molar-refractivity contribution in [1.29, 1.82) is 0 Å². The summed E-state index contributed by atoms with van der Waals surface area (Å²) in [6.07, 6.45) is 3.52. The molecule has 2 atom stereocenters. The molecule has 2 amide bonds. The lowest BCUT2D eigenvalue weighted by molar-refractivity contribution is -0.131. The number of fused-ring (bicyclic) bond motifs is 1. The number of hydrogen-bond acceptors (Lipinski definition) is 4. The second kappa shape index (κ2) is 8.02. The summed E-state index contributed by atoms with van der Waals surface area (Å²) in [5.74, 6) is 0.226. The van der Waals surface area contributed by atoms with Gasteiger partial charge in [-0.25, -0.2) is 0 Å². The van der Waals surface area contributed by atoms with Crippen molar-refractivity contribution < 1.29 is 14.1 Å². The lowest BCUT2D eigenvalue weighted by Crippen LogP contribution is -2.50. The Morgan fingerprint density at radius 2 is 1.77 bits per heavy atom. The minimum Gasteiger partial charge on any atom is -0.351 e. The molecule has 6 heteroatoms. The van der Waals surface area contributed by atoms with Gasteiger partial charge in [0, 0.05) is 37.5 Å². The fourth-order valence-corrected chi connectivity index (χ4v) is 5.22. The van der Waals surface area contributed by atoms with Crippen LogP contribution in [0.25, 0.3) is 0 Å². The number of hydrogen-bond donors (Lipinski definition) is 0. The summed E-state index contributed by atoms with van der Waals surface area (Å²) >= 11 is 0. The van der Waals surface area contributed by atoms with Crippen LogP contribution in [-0.4, -0.2) is 45.9 Å². The molecule has 0 unspecified atom stereocenters. The van der Waals surface area contributed by atoms with Gasteiger partial charge in [-0.1, -0.05) is 65.8 Å². The van der Waals surface area contributed by atoms with Gasteiger partial charge in [0.05, 0.1) is 12.2 Å². The maximum Gasteiger partial charge on any atom is 0.292 e. The third-order valence-corrected chi connectivity index (χ3v) is 6.82. The van der Waals surface area contributed by atoms with Gasteiger partial charge in [-0.15, -0.1) is 0 Å². The summed E-state index contributed by atoms with van der Waals surface area (Å²) in [6.45, 7) is 1.68. The van der Waals surface area contributed by atoms with E-state index < -0.39 is 0 Å². The number of aromatic nitrogens is 1. The van der Waals surface area contributed by atoms with Crippen molar-refractivity contribution in [3.05, 3.63) is 89.8 Å². The van der Waals surface area contributed by atoms with Gasteiger partial charge >= 0.3 is 0 Å². The summed E-state index contributed by atoms with van der Waals surface area (Å²) in [6, 6.07) is 21.9. The summed E-state index contributed by atoms with van der Waals surface area (Å²) in [5, 5.41) is 3.71. The lowest BCUT2D eigenvalue weighted by Gasteiger charge is -2.38. The molecule has 1 aromatic heterocycles. The number of likely N-dealkylation sites (tertiary alicyclic amines) is 2. The Kier molecular flexibility index (Phi) is 5.06. The molecule has 31 heavy (non-hydrogen) atoms. The van der Waals surface area contributed by atoms with Crippen LogP contribution in [0.15, 0.2) is 77.4 Å². The van der Waals surface area contributed by atoms with E-state index in [1.165, 1.54) is 11.8 Å². The SMILES string of the molecule is O=C1CC[C@]2(c3ccccc3)CCN(C(=O)c3ccno3)[C@@H]2CN1Cc1ccccc1. The second-order valence-electron chi connectivity index (χ2n) is 8.42. The van der Waals surface area contributed by atoms with Crippen LogP contribution < -0.4 is 0 Å². The molecule has 0 bridgehead atoms. The van der Waals surface area contributed by atoms with E-state index in [-0.39, 0.29) is 29.0 Å². The normalized spacial score (nSPS) is 23.5. The molecule has 158 valence electrons. The summed E-state index contributed by atoms with van der Waals surface area (Å²) < 4.78 is 5.18. The predicted molar refractivity (Wildman–Crippen MR) is 115 cm³/mol. The molecule has 0 saturated carbocycles. The molecule has 0 radical (unpaired) electrons. The minimum absolute atomic E-state index is 0.123. The predicted octanol–water partition coefficient (Wildman–Crippen LogP) is 3.65. The van der Waals surface area contributed by atoms with Crippen molar-refractivity contribution >= 4 is 11.8 Å². The van der Waals surface area contributed by atoms with Crippen LogP contribution in [0.2, 0.25) is 0 Å². The smallest absolute Gasteiger partial charge is 0.292 e. The number of amides is 2. The zero-order valence-electron chi connectivity index (χ0n) is 17.3. The summed E-state index contributed by atoms with van der Waals surface area (Å²) in [7, 11) is 0. The van der Waals surface area contributed by atoms with E-state index in [1.807, 2.05) is 58.3 Å². The molecule has 2 aliphatic rings. The molecule has 3 aromatic rings. The minimum atomic E-state index is -0.252. The molecular formula is C25H25N3O3. The number of benzene rings is 2. The largest absolute Gasteiger partial charge is 0.351 e. The molecule has 3 heterocycles. The number of carbonyl (C=O) groups excluding carboxylic acids is 2. The van der Waals surface area contributed by atoms with Crippen molar-refractivity contribution in [1.82, 2.24) is 15.0 Å². The van der Waals surface area contributed by atoms with Crippen LogP contribution >= 0.6 is 0 Å². The van der Waals surface area contributed by atoms with E-state index in [9.17, 15) is 9.59 Å². The van der Waals surface area contributed by atoms with Crippen LogP contribution in [0, 0.1) is 0 Å². The van der Waals surface area contributed by atoms with Gasteiger partial charge < -0.3 is 14.3 Å². The van der Waals surface area contributed by atoms with E-state index >= 15 is 0 Å². The zero-order valence-corrected chi connectivity index (χ0v) is 17.3. The van der Waals surface area contributed by atoms with Crippen LogP contribution in [0.4, 0.5) is 0 Å². The molecule has 0 spiro atoms. The first kappa shape index (κ1) is 19.5. The van der Waals surface area contributed by atoms with E-state index in [0.29, 0.717) is 26.1 Å². The second-order valence-corrected chi connectivity index (χ2v) is 8.42. The topological polar surface area (TPSA) is 66.7 Å². The molecule has 2 aliphatic heterocycles. The Labute approximate surface area is 181 Å². The van der Waals surface area contributed by atoms with E-state index in [4.69, 9.17) is 4.52 Å². The molecule has 5 rings (SSSR count). The summed E-state index contributed by atoms with van der Waals surface area (Å²) in [4.78, 5) is 30.2. The highest BCUT2D eigenvalue weighted by atomic mass is 16.5. The highest BCUT2D eigenvalue weighted by molar-refractivity contribution is 5.92. The zero-order chi connectivity index (χ0) is 21.3. The van der Waals surface area contributed by atoms with Crippen molar-refractivity contribution in [3.8, 4) is 0 Å². The average Bonchev–Trinajstić information content (AvgIpc) is 3.45. The molecule has 0 aliphatic carbocycles. The Balaban J connectivity index is 1.52. The summed E-state index contributed by atoms with van der Waals surface area (Å²) in [5.41, 5.74) is 2.04. The fraction of sp³-hybridized carbons (Fsp3) is 0.320. The van der Waals surface area contributed by atoms with Crippen LogP contribution in [-0.2, 0) is 16.8 Å². The molecular weight excluding hydrogens is 390 g/mol. The third-order valence-electron chi connectivity index (χ3n) is 6.82. The first-order valence-electron chi connectivity index (χ1n) is 10.8. The Hall–Kier alpha value is -3.41. The highest BCUT2D eigenvalue weighted by Gasteiger charge is 2.52. The average molecular weight is 415 g/mol. The van der Waals surface area contributed by atoms with Gasteiger partial charge in [0.15, 0.2) is 0 Å². The van der Waals surface area contributed by atoms with Crippen LogP contribution in [0.5, 0.6) is 0 Å². The van der Waals surface area contributed by atoms with Gasteiger partial charge in [0.1, 0.15) is 0 Å². The standard InChI is InChI=1S/C25H25N3O3/c29-23-11-13-25(20-9-5-2-6-10-20)14-16-28(24(30)21-12-15-26-31-21)22(25)18-27(23)17-19-7-3-1-4-8-19/h1-10,12,15,22H,11,13-14,16-18H2/t22-,25-/m1/s1. The van der Waals surface area contributed by atoms with Gasteiger partial charge in [-0.05, 0) is 24.0 Å². The molecule has 2 aromatic carbocycles. The van der Waals surface area contributed by atoms with Gasteiger partial charge in [-0.3, -0.25) is 9.59 Å². The van der Waals surface area contributed by atoms with Gasteiger partial charge in [0.2, 0.25) is 11.7 Å². The molecule has 2 saturated heterocycles. The van der Waals surface area contributed by atoms with Crippen LogP contribution in [0.1, 0.15) is 40.9 Å². The van der Waals surface area contributed by atoms with Crippen molar-refractivity contribution in [2.75, 3.05) is 13.1 Å². The van der Waals surface area contributed by atoms with E-state index in [0.717, 1.165) is 18.4 Å². The number of carbonyl (C=O) groups is 2. The van der Waals surface area contributed by atoms with Crippen molar-refractivity contribution in [2.24, 2.45) is 0 Å². The maximum absolute atomic E-state index is 13.3. The van der Waals surface area contributed by atoms with Gasteiger partial charge in [0.25, 0.3) is 5.91 Å². The Morgan fingerprint density at radius 3 is 2.48 bits per heavy atom. The van der Waals surface area contributed by atoms with Crippen LogP contribution in [0.3, 0.4) is 0 Å². The van der Waals surface area contributed by atoms with E-state index in [1.54, 1.807) is 6.07 Å². The molecule has 6 nitrogen and oxygen atoms in total. The lowest BCUT2D eigenvalue weighted by atomic mass is 9.71. The highest BCUT2D eigenvalue weighted by Crippen LogP contribution is 2.46. The monoisotopic (exact) mass is 415 g/mol. The Morgan fingerprint density at radius 1 is 1.03 bits per heavy atom. The van der Waals surface area contributed by atoms with Gasteiger partial charge in [-0.2, -0.15) is 0 Å². The van der Waals surface area contributed by atoms with Crippen molar-refractivity contribution in [3.63, 3.8) is 0 Å². The molecule has 0 N–H and O–H groups in total. The quantitative estimate of drug-likeness (QED) is 0.652. The number of nitrogens with zero attached hydrogens (tertiary/aromatic N) is 3. The van der Waals surface area contributed by atoms with E-state index in [2.05, 4.69) is 17.3 Å². The first-order valence-corrected chi connectivity index (χ1v) is 10.8. The molecule has 2 fully saturated rings. The maximum atomic E-state index is 13.3. The third kappa shape index (κ3) is 3.52. The Bertz CT molecular complexity index is 1050. The fourth-order valence-electron chi connectivity index (χ4n) is 5.22. The number of rotatable bonds is 4.